The van der Waals surface area contributed by atoms with Gasteiger partial charge in [-0.1, -0.05) is 55.5 Å². The van der Waals surface area contributed by atoms with Crippen LogP contribution in [0.25, 0.3) is 5.57 Å². The highest BCUT2D eigenvalue weighted by atomic mass is 16.5. The summed E-state index contributed by atoms with van der Waals surface area (Å²) in [7, 11) is 1.68. The Labute approximate surface area is 115 Å². The van der Waals surface area contributed by atoms with Crippen molar-refractivity contribution in [3.63, 3.8) is 0 Å². The van der Waals surface area contributed by atoms with Crippen molar-refractivity contribution < 1.29 is 4.74 Å². The van der Waals surface area contributed by atoms with Crippen molar-refractivity contribution in [3.05, 3.63) is 71.8 Å². The lowest BCUT2D eigenvalue weighted by molar-refractivity contribution is 0.414. The van der Waals surface area contributed by atoms with Crippen molar-refractivity contribution >= 4 is 5.57 Å². The molecule has 0 aliphatic carbocycles. The monoisotopic (exact) mass is 252 g/mol. The summed E-state index contributed by atoms with van der Waals surface area (Å²) in [5, 5.41) is 0. The molecule has 0 N–H and O–H groups in total. The molecule has 98 valence electrons. The smallest absolute Gasteiger partial charge is 0.118 e. The Bertz CT molecular complexity index is 549. The molecule has 0 aromatic heterocycles. The van der Waals surface area contributed by atoms with Crippen LogP contribution in [0.2, 0.25) is 0 Å². The molecule has 19 heavy (non-hydrogen) atoms. The van der Waals surface area contributed by atoms with Crippen LogP contribution in [0.3, 0.4) is 0 Å². The number of allylic oxidation sites excluding steroid dienone is 1. The predicted molar refractivity (Wildman–Crippen MR) is 81.6 cm³/mol. The molecule has 0 saturated heterocycles. The average molecular weight is 252 g/mol. The van der Waals surface area contributed by atoms with Crippen LogP contribution in [0.15, 0.2) is 55.1 Å². The third kappa shape index (κ3) is 3.05. The summed E-state index contributed by atoms with van der Waals surface area (Å²) in [5.41, 5.74) is 4.87. The Hall–Kier alpha value is -2.02. The van der Waals surface area contributed by atoms with Crippen LogP contribution in [0.4, 0.5) is 0 Å². The summed E-state index contributed by atoms with van der Waals surface area (Å²) >= 11 is 0. The van der Waals surface area contributed by atoms with E-state index in [-0.39, 0.29) is 0 Å². The van der Waals surface area contributed by atoms with Gasteiger partial charge in [-0.2, -0.15) is 0 Å². The van der Waals surface area contributed by atoms with Crippen LogP contribution in [0.1, 0.15) is 29.5 Å². The van der Waals surface area contributed by atoms with Gasteiger partial charge >= 0.3 is 0 Å². The SMILES string of the molecule is C=C(c1ccc(C)cc1)C(C)c1ccc(OC)cc1. The third-order valence-electron chi connectivity index (χ3n) is 3.56. The molecule has 1 unspecified atom stereocenters. The van der Waals surface area contributed by atoms with Crippen LogP contribution in [-0.4, -0.2) is 7.11 Å². The Morgan fingerprint density at radius 1 is 1.00 bits per heavy atom. The number of benzene rings is 2. The average Bonchev–Trinajstić information content (AvgIpc) is 2.46. The molecule has 0 radical (unpaired) electrons. The van der Waals surface area contributed by atoms with Crippen LogP contribution in [0, 0.1) is 6.92 Å². The molecule has 2 rings (SSSR count). The number of hydrogen-bond donors (Lipinski definition) is 0. The van der Waals surface area contributed by atoms with E-state index in [0.29, 0.717) is 5.92 Å². The normalized spacial score (nSPS) is 11.9. The molecule has 1 heteroatoms. The van der Waals surface area contributed by atoms with Crippen molar-refractivity contribution in [1.82, 2.24) is 0 Å². The maximum absolute atomic E-state index is 5.18. The van der Waals surface area contributed by atoms with E-state index in [0.717, 1.165) is 11.3 Å². The van der Waals surface area contributed by atoms with E-state index in [2.05, 4.69) is 56.8 Å². The summed E-state index contributed by atoms with van der Waals surface area (Å²) in [6.45, 7) is 8.52. The van der Waals surface area contributed by atoms with E-state index in [1.54, 1.807) is 7.11 Å². The van der Waals surface area contributed by atoms with Gasteiger partial charge in [-0.15, -0.1) is 0 Å². The van der Waals surface area contributed by atoms with Gasteiger partial charge in [0.1, 0.15) is 5.75 Å². The Balaban J connectivity index is 2.20. The Kier molecular flexibility index (Phi) is 4.06. The molecule has 0 saturated carbocycles. The number of rotatable bonds is 4. The number of hydrogen-bond acceptors (Lipinski definition) is 1. The molecule has 0 fully saturated rings. The van der Waals surface area contributed by atoms with Gasteiger partial charge in [-0.25, -0.2) is 0 Å². The lowest BCUT2D eigenvalue weighted by atomic mass is 9.89. The summed E-state index contributed by atoms with van der Waals surface area (Å²) in [6.07, 6.45) is 0. The Morgan fingerprint density at radius 3 is 2.11 bits per heavy atom. The maximum Gasteiger partial charge on any atom is 0.118 e. The molecule has 0 amide bonds. The van der Waals surface area contributed by atoms with Crippen LogP contribution in [-0.2, 0) is 0 Å². The first kappa shape index (κ1) is 13.4. The molecule has 0 bridgehead atoms. The zero-order chi connectivity index (χ0) is 13.8. The van der Waals surface area contributed by atoms with Crippen molar-refractivity contribution in [2.24, 2.45) is 0 Å². The highest BCUT2D eigenvalue weighted by Gasteiger charge is 2.11. The number of aryl methyl sites for hydroxylation is 1. The molecular weight excluding hydrogens is 232 g/mol. The van der Waals surface area contributed by atoms with Gasteiger partial charge in [0.2, 0.25) is 0 Å². The van der Waals surface area contributed by atoms with Crippen molar-refractivity contribution in [3.8, 4) is 5.75 Å². The second-order valence-corrected chi connectivity index (χ2v) is 4.89. The van der Waals surface area contributed by atoms with Crippen molar-refractivity contribution in [2.75, 3.05) is 7.11 Å². The first-order chi connectivity index (χ1) is 9.11. The van der Waals surface area contributed by atoms with Gasteiger partial charge in [-0.05, 0) is 35.8 Å². The standard InChI is InChI=1S/C18H20O/c1-13-5-7-16(8-6-13)14(2)15(3)17-9-11-18(19-4)12-10-17/h5-12,15H,2H2,1,3-4H3. The fourth-order valence-electron chi connectivity index (χ4n) is 2.11. The minimum atomic E-state index is 0.300. The van der Waals surface area contributed by atoms with Gasteiger partial charge in [0.05, 0.1) is 7.11 Å². The summed E-state index contributed by atoms with van der Waals surface area (Å²) in [6, 6.07) is 16.7. The molecule has 1 nitrogen and oxygen atoms in total. The number of methoxy groups -OCH3 is 1. The molecule has 0 aliphatic rings. The highest BCUT2D eigenvalue weighted by molar-refractivity contribution is 5.69. The lowest BCUT2D eigenvalue weighted by Gasteiger charge is -2.16. The molecule has 2 aromatic carbocycles. The zero-order valence-electron chi connectivity index (χ0n) is 11.8. The summed E-state index contributed by atoms with van der Waals surface area (Å²) in [4.78, 5) is 0. The fraction of sp³-hybridized carbons (Fsp3) is 0.222. The second kappa shape index (κ2) is 5.75. The molecule has 0 aliphatic heterocycles. The fourth-order valence-corrected chi connectivity index (χ4v) is 2.11. The molecule has 2 aromatic rings. The van der Waals surface area contributed by atoms with E-state index in [1.807, 2.05) is 12.1 Å². The predicted octanol–water partition coefficient (Wildman–Crippen LogP) is 4.82. The van der Waals surface area contributed by atoms with Crippen LogP contribution >= 0.6 is 0 Å². The van der Waals surface area contributed by atoms with Crippen molar-refractivity contribution in [1.29, 1.82) is 0 Å². The number of ether oxygens (including phenoxy) is 1. The second-order valence-electron chi connectivity index (χ2n) is 4.89. The van der Waals surface area contributed by atoms with Crippen molar-refractivity contribution in [2.45, 2.75) is 19.8 Å². The zero-order valence-corrected chi connectivity index (χ0v) is 11.8. The van der Waals surface area contributed by atoms with E-state index in [1.165, 1.54) is 16.7 Å². The van der Waals surface area contributed by atoms with Crippen LogP contribution < -0.4 is 4.74 Å². The topological polar surface area (TPSA) is 9.23 Å². The molecular formula is C18H20O. The minimum absolute atomic E-state index is 0.300. The van der Waals surface area contributed by atoms with Gasteiger partial charge in [0.15, 0.2) is 0 Å². The molecule has 1 atom stereocenters. The highest BCUT2D eigenvalue weighted by Crippen LogP contribution is 2.31. The first-order valence-electron chi connectivity index (χ1n) is 6.51. The summed E-state index contributed by atoms with van der Waals surface area (Å²) in [5.74, 6) is 1.19. The third-order valence-corrected chi connectivity index (χ3v) is 3.56. The largest absolute Gasteiger partial charge is 0.497 e. The van der Waals surface area contributed by atoms with Gasteiger partial charge in [-0.3, -0.25) is 0 Å². The lowest BCUT2D eigenvalue weighted by Crippen LogP contribution is -1.97. The summed E-state index contributed by atoms with van der Waals surface area (Å²) < 4.78 is 5.18. The van der Waals surface area contributed by atoms with Gasteiger partial charge in [0.25, 0.3) is 0 Å². The van der Waals surface area contributed by atoms with Gasteiger partial charge in [0, 0.05) is 5.92 Å². The van der Waals surface area contributed by atoms with E-state index in [4.69, 9.17) is 4.74 Å². The minimum Gasteiger partial charge on any atom is -0.497 e. The Morgan fingerprint density at radius 2 is 1.58 bits per heavy atom. The van der Waals surface area contributed by atoms with Gasteiger partial charge < -0.3 is 4.74 Å². The maximum atomic E-state index is 5.18. The van der Waals surface area contributed by atoms with E-state index >= 15 is 0 Å². The van der Waals surface area contributed by atoms with E-state index in [9.17, 15) is 0 Å². The van der Waals surface area contributed by atoms with E-state index < -0.39 is 0 Å². The quantitative estimate of drug-likeness (QED) is 0.758. The molecule has 0 heterocycles. The molecule has 0 spiro atoms. The van der Waals surface area contributed by atoms with Crippen LogP contribution in [0.5, 0.6) is 5.75 Å². The first-order valence-corrected chi connectivity index (χ1v) is 6.51.